The summed E-state index contributed by atoms with van der Waals surface area (Å²) < 4.78 is 5.36. The Balaban J connectivity index is 1.56. The second-order valence-corrected chi connectivity index (χ2v) is 6.62. The number of benzene rings is 2. The number of aromatic nitrogens is 1. The van der Waals surface area contributed by atoms with Crippen molar-refractivity contribution < 1.29 is 9.53 Å². The zero-order valence-electron chi connectivity index (χ0n) is 13.8. The minimum Gasteiger partial charge on any atom is -0.459 e. The maximum atomic E-state index is 12.0. The maximum absolute atomic E-state index is 12.0. The number of ether oxygens (including phenoxy) is 1. The van der Waals surface area contributed by atoms with Gasteiger partial charge in [0.1, 0.15) is 11.6 Å². The molecular formula is C20H19NO2S. The molecule has 0 saturated heterocycles. The number of esters is 1. The summed E-state index contributed by atoms with van der Waals surface area (Å²) in [6.07, 6.45) is 0.288. The van der Waals surface area contributed by atoms with Crippen LogP contribution >= 0.6 is 11.3 Å². The van der Waals surface area contributed by atoms with Gasteiger partial charge in [-0.25, -0.2) is 4.98 Å². The second kappa shape index (κ2) is 7.41. The predicted molar refractivity (Wildman–Crippen MR) is 97.0 cm³/mol. The Morgan fingerprint density at radius 3 is 2.62 bits per heavy atom. The Morgan fingerprint density at radius 1 is 1.08 bits per heavy atom. The van der Waals surface area contributed by atoms with Crippen molar-refractivity contribution in [3.63, 3.8) is 0 Å². The topological polar surface area (TPSA) is 39.2 Å². The molecule has 0 aliphatic carbocycles. The first kappa shape index (κ1) is 16.4. The molecule has 3 aromatic rings. The summed E-state index contributed by atoms with van der Waals surface area (Å²) in [5.74, 6) is -0.229. The van der Waals surface area contributed by atoms with Crippen LogP contribution in [0.3, 0.4) is 0 Å². The van der Waals surface area contributed by atoms with Crippen LogP contribution < -0.4 is 0 Å². The van der Waals surface area contributed by atoms with Crippen molar-refractivity contribution in [1.29, 1.82) is 0 Å². The van der Waals surface area contributed by atoms with Gasteiger partial charge in [-0.2, -0.15) is 0 Å². The van der Waals surface area contributed by atoms with Crippen molar-refractivity contribution in [3.8, 4) is 10.6 Å². The number of hydrogen-bond donors (Lipinski definition) is 0. The first-order valence-corrected chi connectivity index (χ1v) is 8.71. The van der Waals surface area contributed by atoms with Crippen LogP contribution in [0, 0.1) is 13.8 Å². The molecule has 0 aliphatic rings. The van der Waals surface area contributed by atoms with E-state index in [-0.39, 0.29) is 19.0 Å². The Morgan fingerprint density at radius 2 is 1.88 bits per heavy atom. The smallest absolute Gasteiger partial charge is 0.310 e. The summed E-state index contributed by atoms with van der Waals surface area (Å²) in [6.45, 7) is 4.32. The van der Waals surface area contributed by atoms with Crippen molar-refractivity contribution in [2.45, 2.75) is 26.9 Å². The predicted octanol–water partition coefficient (Wildman–Crippen LogP) is 4.71. The van der Waals surface area contributed by atoms with Crippen LogP contribution in [-0.4, -0.2) is 11.0 Å². The van der Waals surface area contributed by atoms with Gasteiger partial charge in [0.25, 0.3) is 0 Å². The van der Waals surface area contributed by atoms with Crippen LogP contribution in [0.2, 0.25) is 0 Å². The molecule has 1 aromatic heterocycles. The third-order valence-electron chi connectivity index (χ3n) is 3.87. The van der Waals surface area contributed by atoms with Gasteiger partial charge in [0.2, 0.25) is 0 Å². The van der Waals surface area contributed by atoms with Crippen LogP contribution in [0.15, 0.2) is 53.9 Å². The molecule has 0 N–H and O–H groups in total. The third kappa shape index (κ3) is 4.09. The van der Waals surface area contributed by atoms with Crippen molar-refractivity contribution >= 4 is 17.3 Å². The van der Waals surface area contributed by atoms with Crippen LogP contribution in [0.4, 0.5) is 0 Å². The molecule has 0 atom stereocenters. The molecule has 122 valence electrons. The highest BCUT2D eigenvalue weighted by Crippen LogP contribution is 2.23. The molecular weight excluding hydrogens is 318 g/mol. The molecule has 3 nitrogen and oxygen atoms in total. The molecule has 0 amide bonds. The highest BCUT2D eigenvalue weighted by Gasteiger charge is 2.09. The van der Waals surface area contributed by atoms with Crippen molar-refractivity contribution in [1.82, 2.24) is 4.98 Å². The minimum absolute atomic E-state index is 0.215. The summed E-state index contributed by atoms with van der Waals surface area (Å²) in [5, 5.41) is 2.88. The van der Waals surface area contributed by atoms with Crippen LogP contribution in [-0.2, 0) is 22.6 Å². The number of nitrogens with zero attached hydrogens (tertiary/aromatic N) is 1. The fraction of sp³-hybridized carbons (Fsp3) is 0.200. The minimum atomic E-state index is -0.229. The molecule has 3 rings (SSSR count). The van der Waals surface area contributed by atoms with E-state index in [1.54, 1.807) is 11.3 Å². The van der Waals surface area contributed by atoms with Crippen LogP contribution in [0.1, 0.15) is 22.4 Å². The van der Waals surface area contributed by atoms with E-state index in [0.29, 0.717) is 0 Å². The first-order chi connectivity index (χ1) is 11.6. The Hall–Kier alpha value is -2.46. The molecule has 1 heterocycles. The van der Waals surface area contributed by atoms with Gasteiger partial charge in [-0.05, 0) is 30.5 Å². The van der Waals surface area contributed by atoms with E-state index in [2.05, 4.69) is 11.9 Å². The summed E-state index contributed by atoms with van der Waals surface area (Å²) in [7, 11) is 0. The van der Waals surface area contributed by atoms with Crippen LogP contribution in [0.25, 0.3) is 10.6 Å². The fourth-order valence-electron chi connectivity index (χ4n) is 2.37. The number of carbonyl (C=O) groups is 1. The number of aryl methyl sites for hydroxylation is 2. The zero-order valence-corrected chi connectivity index (χ0v) is 14.6. The van der Waals surface area contributed by atoms with Crippen molar-refractivity contribution in [2.75, 3.05) is 0 Å². The molecule has 2 aromatic carbocycles. The molecule has 0 radical (unpaired) electrons. The lowest BCUT2D eigenvalue weighted by atomic mass is 10.0. The van der Waals surface area contributed by atoms with E-state index < -0.39 is 0 Å². The van der Waals surface area contributed by atoms with E-state index in [9.17, 15) is 4.79 Å². The van der Waals surface area contributed by atoms with Crippen LogP contribution in [0.5, 0.6) is 0 Å². The first-order valence-electron chi connectivity index (χ1n) is 7.83. The number of rotatable bonds is 5. The number of hydrogen-bond acceptors (Lipinski definition) is 4. The number of thiazole rings is 1. The third-order valence-corrected chi connectivity index (χ3v) is 4.81. The van der Waals surface area contributed by atoms with E-state index in [1.807, 2.05) is 60.8 Å². The van der Waals surface area contributed by atoms with E-state index in [0.717, 1.165) is 21.8 Å². The van der Waals surface area contributed by atoms with Gasteiger partial charge in [-0.3, -0.25) is 4.79 Å². The monoisotopic (exact) mass is 337 g/mol. The zero-order chi connectivity index (χ0) is 16.9. The lowest BCUT2D eigenvalue weighted by molar-refractivity contribution is -0.144. The van der Waals surface area contributed by atoms with Gasteiger partial charge in [0.05, 0.1) is 12.1 Å². The normalized spacial score (nSPS) is 10.6. The van der Waals surface area contributed by atoms with Gasteiger partial charge in [0, 0.05) is 10.9 Å². The summed E-state index contributed by atoms with van der Waals surface area (Å²) in [5.41, 5.74) is 5.25. The van der Waals surface area contributed by atoms with E-state index in [1.165, 1.54) is 11.1 Å². The average molecular weight is 337 g/mol. The molecule has 0 aliphatic heterocycles. The Kier molecular flexibility index (Phi) is 5.06. The standard InChI is InChI=1S/C20H19NO2S/c1-14-8-9-16(10-15(14)2)11-19(22)23-12-18-13-24-20(21-18)17-6-4-3-5-7-17/h3-10,13H,11-12H2,1-2H3. The molecule has 0 unspecified atom stereocenters. The molecule has 0 spiro atoms. The molecule has 0 bridgehead atoms. The second-order valence-electron chi connectivity index (χ2n) is 5.77. The Bertz CT molecular complexity index is 840. The highest BCUT2D eigenvalue weighted by molar-refractivity contribution is 7.13. The lowest BCUT2D eigenvalue weighted by Gasteiger charge is -2.05. The van der Waals surface area contributed by atoms with Gasteiger partial charge in [0.15, 0.2) is 0 Å². The van der Waals surface area contributed by atoms with Gasteiger partial charge >= 0.3 is 5.97 Å². The average Bonchev–Trinajstić information content (AvgIpc) is 3.06. The maximum Gasteiger partial charge on any atom is 0.310 e. The molecule has 24 heavy (non-hydrogen) atoms. The molecule has 4 heteroatoms. The molecule has 0 saturated carbocycles. The SMILES string of the molecule is Cc1ccc(CC(=O)OCc2csc(-c3ccccc3)n2)cc1C. The molecule has 0 fully saturated rings. The summed E-state index contributed by atoms with van der Waals surface area (Å²) in [4.78, 5) is 16.5. The highest BCUT2D eigenvalue weighted by atomic mass is 32.1. The fourth-order valence-corrected chi connectivity index (χ4v) is 3.18. The quantitative estimate of drug-likeness (QED) is 0.633. The lowest BCUT2D eigenvalue weighted by Crippen LogP contribution is -2.08. The van der Waals surface area contributed by atoms with E-state index in [4.69, 9.17) is 4.74 Å². The largest absolute Gasteiger partial charge is 0.459 e. The summed E-state index contributed by atoms with van der Waals surface area (Å²) >= 11 is 1.56. The Labute approximate surface area is 146 Å². The summed E-state index contributed by atoms with van der Waals surface area (Å²) in [6, 6.07) is 16.0. The van der Waals surface area contributed by atoms with Gasteiger partial charge in [-0.15, -0.1) is 11.3 Å². The van der Waals surface area contributed by atoms with E-state index >= 15 is 0 Å². The number of carbonyl (C=O) groups excluding carboxylic acids is 1. The van der Waals surface area contributed by atoms with Crippen molar-refractivity contribution in [3.05, 3.63) is 76.3 Å². The van der Waals surface area contributed by atoms with Crippen molar-refractivity contribution in [2.24, 2.45) is 0 Å². The van der Waals surface area contributed by atoms with Gasteiger partial charge in [-0.1, -0.05) is 48.5 Å². The van der Waals surface area contributed by atoms with Gasteiger partial charge < -0.3 is 4.74 Å².